The fraction of sp³-hybridized carbons (Fsp3) is 0.318. The molecule has 8 nitrogen and oxygen atoms in total. The molecule has 9 heteroatoms. The lowest BCUT2D eigenvalue weighted by Gasteiger charge is -2.23. The van der Waals surface area contributed by atoms with Crippen LogP contribution in [0.4, 0.5) is 11.4 Å². The number of carbonyl (C=O) groups excluding carboxylic acids is 1. The van der Waals surface area contributed by atoms with Crippen molar-refractivity contribution in [3.63, 3.8) is 0 Å². The molecule has 1 amide bonds. The summed E-state index contributed by atoms with van der Waals surface area (Å²) < 4.78 is 27.7. The lowest BCUT2D eigenvalue weighted by Crippen LogP contribution is -2.18. The Balaban J connectivity index is 2.23. The third kappa shape index (κ3) is 4.46. The average molecular weight is 442 g/mol. The van der Waals surface area contributed by atoms with Crippen LogP contribution in [0.5, 0.6) is 0 Å². The van der Waals surface area contributed by atoms with E-state index in [1.54, 1.807) is 35.9 Å². The van der Waals surface area contributed by atoms with Gasteiger partial charge in [0, 0.05) is 24.6 Å². The van der Waals surface area contributed by atoms with Crippen LogP contribution in [0.25, 0.3) is 11.4 Å². The summed E-state index contributed by atoms with van der Waals surface area (Å²) in [5.41, 5.74) is 8.04. The zero-order valence-corrected chi connectivity index (χ0v) is 19.2. The van der Waals surface area contributed by atoms with Crippen molar-refractivity contribution in [3.8, 4) is 11.4 Å². The SMILES string of the molecule is CCc1nnc(-c2cc(C(N)=O)ccc2N(c2ccc(C(C)(C)C)cc2)[SH](=O)=O)n1C. The van der Waals surface area contributed by atoms with Crippen LogP contribution >= 0.6 is 0 Å². The van der Waals surface area contributed by atoms with E-state index in [0.717, 1.165) is 11.4 Å². The van der Waals surface area contributed by atoms with E-state index in [9.17, 15) is 13.2 Å². The van der Waals surface area contributed by atoms with E-state index in [-0.39, 0.29) is 11.0 Å². The van der Waals surface area contributed by atoms with Crippen molar-refractivity contribution in [2.24, 2.45) is 12.8 Å². The van der Waals surface area contributed by atoms with Gasteiger partial charge in [-0.15, -0.1) is 10.2 Å². The highest BCUT2D eigenvalue weighted by Gasteiger charge is 2.23. The van der Waals surface area contributed by atoms with Crippen molar-refractivity contribution in [2.75, 3.05) is 4.31 Å². The molecule has 1 heterocycles. The van der Waals surface area contributed by atoms with Crippen LogP contribution < -0.4 is 10.0 Å². The Morgan fingerprint density at radius 3 is 2.23 bits per heavy atom. The number of amides is 1. The highest BCUT2D eigenvalue weighted by atomic mass is 32.2. The number of rotatable bonds is 6. The number of aryl methyl sites for hydroxylation is 1. The van der Waals surface area contributed by atoms with E-state index in [2.05, 4.69) is 31.0 Å². The Labute approximate surface area is 183 Å². The minimum absolute atomic E-state index is 0.0630. The smallest absolute Gasteiger partial charge is 0.248 e. The average Bonchev–Trinajstić information content (AvgIpc) is 3.08. The quantitative estimate of drug-likeness (QED) is 0.571. The topological polar surface area (TPSA) is 111 Å². The minimum atomic E-state index is -3.03. The molecule has 0 aliphatic rings. The van der Waals surface area contributed by atoms with Crippen molar-refractivity contribution in [2.45, 2.75) is 39.5 Å². The van der Waals surface area contributed by atoms with Gasteiger partial charge in [0.05, 0.1) is 11.4 Å². The van der Waals surface area contributed by atoms with Crippen LogP contribution in [0.15, 0.2) is 42.5 Å². The fourth-order valence-electron chi connectivity index (χ4n) is 3.38. The van der Waals surface area contributed by atoms with Gasteiger partial charge >= 0.3 is 0 Å². The highest BCUT2D eigenvalue weighted by molar-refractivity contribution is 7.74. The molecule has 164 valence electrons. The summed E-state index contributed by atoms with van der Waals surface area (Å²) in [6.07, 6.45) is 0.655. The third-order valence-electron chi connectivity index (χ3n) is 5.17. The summed E-state index contributed by atoms with van der Waals surface area (Å²) in [4.78, 5) is 11.8. The molecule has 0 radical (unpaired) electrons. The van der Waals surface area contributed by atoms with Gasteiger partial charge in [-0.1, -0.05) is 39.8 Å². The number of hydrogen-bond acceptors (Lipinski definition) is 5. The van der Waals surface area contributed by atoms with Crippen molar-refractivity contribution in [3.05, 3.63) is 59.4 Å². The van der Waals surface area contributed by atoms with Gasteiger partial charge in [-0.05, 0) is 41.3 Å². The van der Waals surface area contributed by atoms with E-state index in [0.29, 0.717) is 29.2 Å². The number of primary amides is 1. The molecule has 0 saturated carbocycles. The number of nitrogens with zero attached hydrogens (tertiary/aromatic N) is 4. The van der Waals surface area contributed by atoms with Crippen LogP contribution in [0.2, 0.25) is 0 Å². The van der Waals surface area contributed by atoms with Crippen molar-refractivity contribution in [1.29, 1.82) is 0 Å². The summed E-state index contributed by atoms with van der Waals surface area (Å²) in [6, 6.07) is 12.0. The number of anilines is 2. The van der Waals surface area contributed by atoms with Gasteiger partial charge < -0.3 is 10.3 Å². The minimum Gasteiger partial charge on any atom is -0.366 e. The first-order valence-electron chi connectivity index (χ1n) is 9.92. The van der Waals surface area contributed by atoms with Gasteiger partial charge in [0.25, 0.3) is 0 Å². The third-order valence-corrected chi connectivity index (χ3v) is 5.95. The molecule has 3 aromatic rings. The van der Waals surface area contributed by atoms with Crippen molar-refractivity contribution in [1.82, 2.24) is 14.8 Å². The first-order chi connectivity index (χ1) is 14.5. The van der Waals surface area contributed by atoms with Crippen molar-refractivity contribution < 1.29 is 13.2 Å². The number of aromatic nitrogens is 3. The molecule has 0 unspecified atom stereocenters. The summed E-state index contributed by atoms with van der Waals surface area (Å²) in [7, 11) is -1.23. The highest BCUT2D eigenvalue weighted by Crippen LogP contribution is 2.36. The molecule has 0 fully saturated rings. The van der Waals surface area contributed by atoms with E-state index in [4.69, 9.17) is 5.73 Å². The molecule has 1 aromatic heterocycles. The second-order valence-corrected chi connectivity index (χ2v) is 9.17. The normalized spacial score (nSPS) is 11.7. The van der Waals surface area contributed by atoms with Crippen LogP contribution in [-0.2, 0) is 29.8 Å². The zero-order valence-electron chi connectivity index (χ0n) is 18.3. The number of carbonyl (C=O) groups is 1. The molecule has 2 N–H and O–H groups in total. The number of thiol groups is 1. The predicted octanol–water partition coefficient (Wildman–Crippen LogP) is 3.11. The van der Waals surface area contributed by atoms with Crippen molar-refractivity contribution >= 4 is 28.2 Å². The molecule has 0 atom stereocenters. The maximum absolute atomic E-state index is 12.4. The monoisotopic (exact) mass is 441 g/mol. The van der Waals surface area contributed by atoms with Gasteiger partial charge in [0.2, 0.25) is 16.8 Å². The van der Waals surface area contributed by atoms with Crippen LogP contribution in [0, 0.1) is 0 Å². The van der Waals surface area contributed by atoms with Gasteiger partial charge in [0.1, 0.15) is 5.82 Å². The summed E-state index contributed by atoms with van der Waals surface area (Å²) in [5, 5.41) is 8.41. The summed E-state index contributed by atoms with van der Waals surface area (Å²) in [5.74, 6) is 0.569. The molecular formula is C22H27N5O3S. The predicted molar refractivity (Wildman–Crippen MR) is 122 cm³/mol. The lowest BCUT2D eigenvalue weighted by atomic mass is 9.87. The Kier molecular flexibility index (Phi) is 6.17. The molecule has 0 saturated heterocycles. The van der Waals surface area contributed by atoms with E-state index in [1.807, 2.05) is 19.1 Å². The number of benzene rings is 2. The molecule has 0 aliphatic heterocycles. The molecule has 2 aromatic carbocycles. The summed E-state index contributed by atoms with van der Waals surface area (Å²) >= 11 is 0. The Hall–Kier alpha value is -3.20. The lowest BCUT2D eigenvalue weighted by molar-refractivity contribution is 0.100. The van der Waals surface area contributed by atoms with Crippen LogP contribution in [0.1, 0.15) is 49.4 Å². The first-order valence-corrected chi connectivity index (χ1v) is 11.0. The van der Waals surface area contributed by atoms with Gasteiger partial charge in [-0.25, -0.2) is 12.7 Å². The first kappa shape index (κ1) is 22.5. The molecule has 0 spiro atoms. The van der Waals surface area contributed by atoms with E-state index in [1.165, 1.54) is 10.4 Å². The van der Waals surface area contributed by atoms with Crippen LogP contribution in [-0.4, -0.2) is 29.1 Å². The zero-order chi connectivity index (χ0) is 22.9. The van der Waals surface area contributed by atoms with E-state index >= 15 is 0 Å². The van der Waals surface area contributed by atoms with E-state index < -0.39 is 16.8 Å². The molecule has 3 rings (SSSR count). The number of hydrogen-bond donors (Lipinski definition) is 2. The second-order valence-electron chi connectivity index (χ2n) is 8.30. The standard InChI is InChI=1S/C22H27N5O3S/c1-6-19-24-25-21(26(19)5)17-13-14(20(23)28)7-12-18(17)27(31(29)30)16-10-8-15(9-11-16)22(2,3)4/h7-13,31H,6H2,1-5H3,(H2,23,28). The molecular weight excluding hydrogens is 414 g/mol. The maximum atomic E-state index is 12.4. The molecule has 0 aliphatic carbocycles. The largest absolute Gasteiger partial charge is 0.366 e. The molecule has 0 bridgehead atoms. The Morgan fingerprint density at radius 1 is 1.10 bits per heavy atom. The maximum Gasteiger partial charge on any atom is 0.248 e. The second kappa shape index (κ2) is 8.50. The number of nitrogens with two attached hydrogens (primary N) is 1. The molecule has 31 heavy (non-hydrogen) atoms. The van der Waals surface area contributed by atoms with Gasteiger partial charge in [-0.2, -0.15) is 0 Å². The fourth-order valence-corrected chi connectivity index (χ4v) is 4.05. The summed E-state index contributed by atoms with van der Waals surface area (Å²) in [6.45, 7) is 8.22. The van der Waals surface area contributed by atoms with Crippen LogP contribution in [0.3, 0.4) is 0 Å². The van der Waals surface area contributed by atoms with Gasteiger partial charge in [-0.3, -0.25) is 4.79 Å². The Morgan fingerprint density at radius 2 is 1.74 bits per heavy atom. The Bertz CT molecular complexity index is 1180. The van der Waals surface area contributed by atoms with Gasteiger partial charge in [0.15, 0.2) is 5.82 Å².